The van der Waals surface area contributed by atoms with Gasteiger partial charge in [-0.1, -0.05) is 42.1 Å². The third-order valence-corrected chi connectivity index (χ3v) is 5.06. The van der Waals surface area contributed by atoms with Crippen LogP contribution in [-0.2, 0) is 4.79 Å². The summed E-state index contributed by atoms with van der Waals surface area (Å²) < 4.78 is 2.15. The van der Waals surface area contributed by atoms with Crippen LogP contribution in [0.25, 0.3) is 10.8 Å². The van der Waals surface area contributed by atoms with Gasteiger partial charge in [0.2, 0.25) is 5.91 Å². The topological polar surface area (TPSA) is 59.8 Å². The van der Waals surface area contributed by atoms with Crippen molar-refractivity contribution in [2.24, 2.45) is 0 Å². The Balaban J connectivity index is 1.41. The second-order valence-electron chi connectivity index (χ2n) is 6.03. The Morgan fingerprint density at radius 3 is 2.79 bits per heavy atom. The minimum Gasteiger partial charge on any atom is -0.325 e. The molecule has 2 aromatic carbocycles. The summed E-state index contributed by atoms with van der Waals surface area (Å²) >= 11 is 1.44. The molecule has 3 aromatic rings. The highest BCUT2D eigenvalue weighted by Crippen LogP contribution is 2.38. The Bertz CT molecular complexity index is 901. The molecule has 1 aliphatic rings. The van der Waals surface area contributed by atoms with E-state index in [0.29, 0.717) is 11.8 Å². The maximum absolute atomic E-state index is 12.2. The van der Waals surface area contributed by atoms with E-state index < -0.39 is 0 Å². The minimum atomic E-state index is -0.0294. The summed E-state index contributed by atoms with van der Waals surface area (Å²) in [6.07, 6.45) is 2.35. The van der Waals surface area contributed by atoms with Crippen molar-refractivity contribution in [3.63, 3.8) is 0 Å². The lowest BCUT2D eigenvalue weighted by molar-refractivity contribution is -0.113. The summed E-state index contributed by atoms with van der Waals surface area (Å²) in [4.78, 5) is 12.2. The summed E-state index contributed by atoms with van der Waals surface area (Å²) in [6, 6.07) is 14.6. The number of anilines is 1. The van der Waals surface area contributed by atoms with Gasteiger partial charge in [0.05, 0.1) is 5.75 Å². The van der Waals surface area contributed by atoms with Gasteiger partial charge in [-0.25, -0.2) is 0 Å². The van der Waals surface area contributed by atoms with Crippen molar-refractivity contribution in [2.75, 3.05) is 11.1 Å². The molecule has 0 radical (unpaired) electrons. The minimum absolute atomic E-state index is 0.0294. The van der Waals surface area contributed by atoms with E-state index in [1.54, 1.807) is 0 Å². The average molecular weight is 338 g/mol. The molecular formula is C18H18N4OS. The maximum atomic E-state index is 12.2. The fourth-order valence-electron chi connectivity index (χ4n) is 2.80. The van der Waals surface area contributed by atoms with Crippen molar-refractivity contribution < 1.29 is 4.79 Å². The second kappa shape index (κ2) is 6.28. The highest BCUT2D eigenvalue weighted by Gasteiger charge is 2.28. The molecule has 0 bridgehead atoms. The van der Waals surface area contributed by atoms with Crippen LogP contribution in [0.1, 0.15) is 24.7 Å². The summed E-state index contributed by atoms with van der Waals surface area (Å²) in [7, 11) is 0. The Hall–Kier alpha value is -2.34. The van der Waals surface area contributed by atoms with Gasteiger partial charge in [-0.15, -0.1) is 10.2 Å². The number of aromatic nitrogens is 3. The van der Waals surface area contributed by atoms with Crippen LogP contribution in [0.2, 0.25) is 0 Å². The highest BCUT2D eigenvalue weighted by atomic mass is 32.2. The van der Waals surface area contributed by atoms with Crippen LogP contribution >= 0.6 is 11.8 Å². The molecule has 0 spiro atoms. The van der Waals surface area contributed by atoms with Gasteiger partial charge in [0, 0.05) is 11.7 Å². The van der Waals surface area contributed by atoms with Crippen molar-refractivity contribution >= 4 is 34.1 Å². The second-order valence-corrected chi connectivity index (χ2v) is 6.97. The summed E-state index contributed by atoms with van der Waals surface area (Å²) in [5.74, 6) is 1.23. The van der Waals surface area contributed by atoms with Crippen molar-refractivity contribution in [3.8, 4) is 0 Å². The van der Waals surface area contributed by atoms with E-state index in [9.17, 15) is 4.79 Å². The summed E-state index contributed by atoms with van der Waals surface area (Å²) in [6.45, 7) is 1.96. The van der Waals surface area contributed by atoms with Gasteiger partial charge in [-0.05, 0) is 42.7 Å². The number of nitrogens with zero attached hydrogens (tertiary/aromatic N) is 3. The van der Waals surface area contributed by atoms with Crippen LogP contribution in [0.3, 0.4) is 0 Å². The number of nitrogens with one attached hydrogen (secondary N) is 1. The normalized spacial score (nSPS) is 14.0. The van der Waals surface area contributed by atoms with Gasteiger partial charge >= 0.3 is 0 Å². The van der Waals surface area contributed by atoms with Gasteiger partial charge in [0.15, 0.2) is 5.16 Å². The number of thioether (sulfide) groups is 1. The molecule has 1 aromatic heterocycles. The fraction of sp³-hybridized carbons (Fsp3) is 0.278. The average Bonchev–Trinajstić information content (AvgIpc) is 3.36. The van der Waals surface area contributed by atoms with E-state index >= 15 is 0 Å². The van der Waals surface area contributed by atoms with Crippen molar-refractivity contribution in [1.29, 1.82) is 0 Å². The molecule has 1 saturated carbocycles. The number of amides is 1. The zero-order valence-corrected chi connectivity index (χ0v) is 14.2. The zero-order valence-electron chi connectivity index (χ0n) is 13.4. The first-order valence-corrected chi connectivity index (χ1v) is 9.02. The number of aryl methyl sites for hydroxylation is 1. The molecule has 4 rings (SSSR count). The van der Waals surface area contributed by atoms with Gasteiger partial charge in [-0.3, -0.25) is 4.79 Å². The molecule has 122 valence electrons. The van der Waals surface area contributed by atoms with E-state index in [1.807, 2.05) is 43.3 Å². The van der Waals surface area contributed by atoms with Crippen LogP contribution in [0.5, 0.6) is 0 Å². The van der Waals surface area contributed by atoms with Gasteiger partial charge in [0.25, 0.3) is 0 Å². The summed E-state index contributed by atoms with van der Waals surface area (Å²) in [5, 5.41) is 14.4. The lowest BCUT2D eigenvalue weighted by atomic mass is 10.1. The van der Waals surface area contributed by atoms with Crippen LogP contribution in [0.4, 0.5) is 5.69 Å². The van der Waals surface area contributed by atoms with Crippen LogP contribution in [-0.4, -0.2) is 26.4 Å². The number of carbonyl (C=O) groups excluding carboxylic acids is 1. The number of hydrogen-bond acceptors (Lipinski definition) is 4. The smallest absolute Gasteiger partial charge is 0.234 e. The summed E-state index contributed by atoms with van der Waals surface area (Å²) in [5.41, 5.74) is 0.819. The molecule has 1 N–H and O–H groups in total. The highest BCUT2D eigenvalue weighted by molar-refractivity contribution is 7.99. The molecule has 1 aliphatic carbocycles. The molecule has 0 saturated heterocycles. The molecule has 1 fully saturated rings. The molecule has 1 heterocycles. The van der Waals surface area contributed by atoms with Crippen molar-refractivity contribution in [1.82, 2.24) is 14.8 Å². The number of benzene rings is 2. The van der Waals surface area contributed by atoms with E-state index in [2.05, 4.69) is 26.1 Å². The van der Waals surface area contributed by atoms with E-state index in [0.717, 1.165) is 27.4 Å². The van der Waals surface area contributed by atoms with Crippen molar-refractivity contribution in [3.05, 3.63) is 48.3 Å². The van der Waals surface area contributed by atoms with E-state index in [4.69, 9.17) is 0 Å². The molecule has 1 amide bonds. The lowest BCUT2D eigenvalue weighted by Gasteiger charge is -2.08. The fourth-order valence-corrected chi connectivity index (χ4v) is 3.65. The van der Waals surface area contributed by atoms with Crippen molar-refractivity contribution in [2.45, 2.75) is 31.0 Å². The molecule has 24 heavy (non-hydrogen) atoms. The third kappa shape index (κ3) is 3.14. The molecule has 5 nitrogen and oxygen atoms in total. The third-order valence-electron chi connectivity index (χ3n) is 4.11. The monoisotopic (exact) mass is 338 g/mol. The molecule has 0 unspecified atom stereocenters. The van der Waals surface area contributed by atoms with E-state index in [-0.39, 0.29) is 5.91 Å². The SMILES string of the molecule is Cc1nnc(SCC(=O)Nc2ccc3ccccc3c2)n1C1CC1. The van der Waals surface area contributed by atoms with Crippen LogP contribution < -0.4 is 5.32 Å². The number of carbonyl (C=O) groups is 1. The molecule has 0 aliphatic heterocycles. The van der Waals surface area contributed by atoms with Gasteiger partial charge in [0.1, 0.15) is 5.82 Å². The quantitative estimate of drug-likeness (QED) is 0.719. The Kier molecular flexibility index (Phi) is 3.98. The number of fused-ring (bicyclic) bond motifs is 1. The first kappa shape index (κ1) is 15.2. The predicted octanol–water partition coefficient (Wildman–Crippen LogP) is 3.81. The van der Waals surface area contributed by atoms with E-state index in [1.165, 1.54) is 24.6 Å². The number of hydrogen-bond donors (Lipinski definition) is 1. The first-order valence-electron chi connectivity index (χ1n) is 8.03. The van der Waals surface area contributed by atoms with Crippen LogP contribution in [0, 0.1) is 6.92 Å². The predicted molar refractivity (Wildman–Crippen MR) is 96.3 cm³/mol. The lowest BCUT2D eigenvalue weighted by Crippen LogP contribution is -2.14. The maximum Gasteiger partial charge on any atom is 0.234 e. The largest absolute Gasteiger partial charge is 0.325 e. The Morgan fingerprint density at radius 1 is 1.21 bits per heavy atom. The Labute approximate surface area is 144 Å². The standard InChI is InChI=1S/C18H18N4OS/c1-12-20-21-18(22(12)16-8-9-16)24-11-17(23)19-15-7-6-13-4-2-3-5-14(13)10-15/h2-7,10,16H,8-9,11H2,1H3,(H,19,23). The zero-order chi connectivity index (χ0) is 16.5. The molecule has 0 atom stereocenters. The van der Waals surface area contributed by atoms with Crippen LogP contribution in [0.15, 0.2) is 47.6 Å². The first-order chi connectivity index (χ1) is 11.7. The molecular weight excluding hydrogens is 320 g/mol. The molecule has 6 heteroatoms. The van der Waals surface area contributed by atoms with Gasteiger partial charge in [-0.2, -0.15) is 0 Å². The Morgan fingerprint density at radius 2 is 2.00 bits per heavy atom. The number of rotatable bonds is 5. The van der Waals surface area contributed by atoms with Gasteiger partial charge < -0.3 is 9.88 Å².